The number of sulfonamides is 1. The number of benzene rings is 1. The molecule has 30 heavy (non-hydrogen) atoms. The van der Waals surface area contributed by atoms with Gasteiger partial charge >= 0.3 is 6.09 Å². The number of amides is 1. The van der Waals surface area contributed by atoms with E-state index in [-0.39, 0.29) is 18.5 Å². The molecule has 2 fully saturated rings. The fraction of sp³-hybridized carbons (Fsp3) is 0.650. The summed E-state index contributed by atoms with van der Waals surface area (Å²) in [5.74, 6) is -0.234. The molecule has 1 amide bonds. The van der Waals surface area contributed by atoms with E-state index < -0.39 is 28.2 Å². The number of likely N-dealkylation sites (tertiary alicyclic amines) is 1. The highest BCUT2D eigenvalue weighted by Crippen LogP contribution is 2.25. The van der Waals surface area contributed by atoms with Gasteiger partial charge in [-0.1, -0.05) is 12.1 Å². The van der Waals surface area contributed by atoms with Crippen LogP contribution in [0.15, 0.2) is 24.3 Å². The summed E-state index contributed by atoms with van der Waals surface area (Å²) in [4.78, 5) is 15.7. The number of ether oxygens (including phenoxy) is 2. The van der Waals surface area contributed by atoms with Crippen LogP contribution in [0.1, 0.15) is 25.7 Å². The predicted octanol–water partition coefficient (Wildman–Crippen LogP) is 1.96. The Hall–Kier alpha value is -1.91. The Morgan fingerprint density at radius 1 is 1.20 bits per heavy atom. The van der Waals surface area contributed by atoms with Gasteiger partial charge in [-0.25, -0.2) is 22.3 Å². The molecule has 168 valence electrons. The Bertz CT molecular complexity index is 829. The van der Waals surface area contributed by atoms with Crippen LogP contribution in [0.4, 0.5) is 14.9 Å². The number of nitrogens with zero attached hydrogens (tertiary/aromatic N) is 2. The van der Waals surface area contributed by atoms with Crippen molar-refractivity contribution in [3.05, 3.63) is 30.1 Å². The van der Waals surface area contributed by atoms with E-state index in [4.69, 9.17) is 9.47 Å². The monoisotopic (exact) mass is 443 g/mol. The molecule has 1 N–H and O–H groups in total. The molecule has 0 saturated carbocycles. The van der Waals surface area contributed by atoms with Crippen LogP contribution in [-0.2, 0) is 19.5 Å². The van der Waals surface area contributed by atoms with Crippen LogP contribution in [0.2, 0.25) is 0 Å². The molecule has 0 aliphatic carbocycles. The first-order valence-electron chi connectivity index (χ1n) is 10.2. The number of hydrogen-bond donors (Lipinski definition) is 1. The number of halogens is 1. The van der Waals surface area contributed by atoms with E-state index in [0.717, 1.165) is 19.1 Å². The topological polar surface area (TPSA) is 88.2 Å². The van der Waals surface area contributed by atoms with Crippen LogP contribution < -0.4 is 9.62 Å². The number of carbonyl (C=O) groups is 1. The van der Waals surface area contributed by atoms with E-state index in [9.17, 15) is 17.6 Å². The first-order valence-corrected chi connectivity index (χ1v) is 12.1. The second-order valence-electron chi connectivity index (χ2n) is 7.84. The lowest BCUT2D eigenvalue weighted by Gasteiger charge is -2.41. The Morgan fingerprint density at radius 3 is 2.53 bits per heavy atom. The smallest absolute Gasteiger partial charge is 0.409 e. The second-order valence-corrected chi connectivity index (χ2v) is 9.62. The zero-order chi connectivity index (χ0) is 21.7. The number of hydrogen-bond acceptors (Lipinski definition) is 6. The minimum Gasteiger partial charge on any atom is -0.453 e. The molecule has 8 nitrogen and oxygen atoms in total. The molecule has 0 bridgehead atoms. The molecule has 0 radical (unpaired) electrons. The number of rotatable bonds is 6. The number of methoxy groups -OCH3 is 1. The summed E-state index contributed by atoms with van der Waals surface area (Å²) in [6, 6.07) is 5.86. The zero-order valence-corrected chi connectivity index (χ0v) is 18.2. The maximum atomic E-state index is 14.0. The van der Waals surface area contributed by atoms with Gasteiger partial charge in [0.1, 0.15) is 5.82 Å². The third-order valence-electron chi connectivity index (χ3n) is 5.69. The Balaban J connectivity index is 1.60. The summed E-state index contributed by atoms with van der Waals surface area (Å²) in [5, 5.41) is 0. The van der Waals surface area contributed by atoms with Crippen LogP contribution in [0.5, 0.6) is 0 Å². The van der Waals surface area contributed by atoms with Crippen molar-refractivity contribution in [2.75, 3.05) is 44.5 Å². The van der Waals surface area contributed by atoms with Gasteiger partial charge in [-0.2, -0.15) is 0 Å². The molecule has 2 aliphatic heterocycles. The fourth-order valence-electron chi connectivity index (χ4n) is 4.23. The van der Waals surface area contributed by atoms with E-state index in [1.807, 2.05) is 11.0 Å². The maximum absolute atomic E-state index is 14.0. The summed E-state index contributed by atoms with van der Waals surface area (Å²) >= 11 is 0. The quantitative estimate of drug-likeness (QED) is 0.723. The van der Waals surface area contributed by atoms with Gasteiger partial charge in [-0.15, -0.1) is 0 Å². The van der Waals surface area contributed by atoms with Crippen molar-refractivity contribution in [3.63, 3.8) is 0 Å². The second kappa shape index (κ2) is 9.93. The Morgan fingerprint density at radius 2 is 1.90 bits per heavy atom. The van der Waals surface area contributed by atoms with E-state index in [2.05, 4.69) is 4.72 Å². The molecular weight excluding hydrogens is 413 g/mol. The molecule has 1 aromatic carbocycles. The van der Waals surface area contributed by atoms with Gasteiger partial charge in [-0.05, 0) is 37.8 Å². The zero-order valence-electron chi connectivity index (χ0n) is 17.4. The predicted molar refractivity (Wildman–Crippen MR) is 111 cm³/mol. The molecule has 2 heterocycles. The van der Waals surface area contributed by atoms with E-state index in [1.165, 1.54) is 13.2 Å². The summed E-state index contributed by atoms with van der Waals surface area (Å²) < 4.78 is 51.2. The lowest BCUT2D eigenvalue weighted by molar-refractivity contribution is -0.0181. The lowest BCUT2D eigenvalue weighted by atomic mass is 9.97. The number of carbonyl (C=O) groups excluding carboxylic acids is 1. The fourth-order valence-corrected chi connectivity index (χ4v) is 5.05. The molecule has 1 aromatic rings. The lowest BCUT2D eigenvalue weighted by Crippen LogP contribution is -2.59. The van der Waals surface area contributed by atoms with Crippen molar-refractivity contribution < 1.29 is 27.1 Å². The van der Waals surface area contributed by atoms with Crippen LogP contribution in [-0.4, -0.2) is 77.2 Å². The molecule has 2 saturated heterocycles. The number of anilines is 1. The third kappa shape index (κ3) is 5.83. The highest BCUT2D eigenvalue weighted by molar-refractivity contribution is 7.88. The van der Waals surface area contributed by atoms with Crippen molar-refractivity contribution >= 4 is 21.8 Å². The largest absolute Gasteiger partial charge is 0.453 e. The van der Waals surface area contributed by atoms with Crippen LogP contribution in [0, 0.1) is 5.82 Å². The maximum Gasteiger partial charge on any atom is 0.409 e. The average Bonchev–Trinajstić information content (AvgIpc) is 2.72. The van der Waals surface area contributed by atoms with Crippen LogP contribution in [0.3, 0.4) is 0 Å². The highest BCUT2D eigenvalue weighted by atomic mass is 32.2. The van der Waals surface area contributed by atoms with Crippen LogP contribution >= 0.6 is 0 Å². The third-order valence-corrected chi connectivity index (χ3v) is 6.42. The summed E-state index contributed by atoms with van der Waals surface area (Å²) in [5.41, 5.74) is 0.595. The van der Waals surface area contributed by atoms with E-state index in [0.29, 0.717) is 38.2 Å². The minimum absolute atomic E-state index is 0.0340. The van der Waals surface area contributed by atoms with Crippen molar-refractivity contribution in [1.29, 1.82) is 0 Å². The van der Waals surface area contributed by atoms with Gasteiger partial charge in [0.2, 0.25) is 10.0 Å². The normalized spacial score (nSPS) is 23.4. The molecule has 10 heteroatoms. The van der Waals surface area contributed by atoms with Gasteiger partial charge in [0.05, 0.1) is 37.8 Å². The summed E-state index contributed by atoms with van der Waals surface area (Å²) in [6.07, 6.45) is 3.35. The van der Waals surface area contributed by atoms with Crippen molar-refractivity contribution in [2.24, 2.45) is 0 Å². The first-order chi connectivity index (χ1) is 14.3. The minimum atomic E-state index is -3.42. The Kier molecular flexibility index (Phi) is 7.54. The average molecular weight is 444 g/mol. The van der Waals surface area contributed by atoms with Crippen molar-refractivity contribution in [2.45, 2.75) is 43.9 Å². The van der Waals surface area contributed by atoms with Crippen molar-refractivity contribution in [3.8, 4) is 0 Å². The van der Waals surface area contributed by atoms with Gasteiger partial charge in [0.15, 0.2) is 0 Å². The highest BCUT2D eigenvalue weighted by Gasteiger charge is 2.37. The molecule has 2 atom stereocenters. The summed E-state index contributed by atoms with van der Waals surface area (Å²) in [7, 11) is -2.11. The van der Waals surface area contributed by atoms with E-state index in [1.54, 1.807) is 17.0 Å². The van der Waals surface area contributed by atoms with Gasteiger partial charge < -0.3 is 19.3 Å². The number of nitrogens with one attached hydrogen (secondary N) is 1. The van der Waals surface area contributed by atoms with Gasteiger partial charge in [-0.3, -0.25) is 0 Å². The SMILES string of the molecule is COC(=O)N1CCC[C@H](NS(C)(=O)=O)[C@@H]1COC1CCN(c2ccccc2F)CC1. The van der Waals surface area contributed by atoms with E-state index >= 15 is 0 Å². The van der Waals surface area contributed by atoms with Gasteiger partial charge in [0, 0.05) is 25.7 Å². The molecule has 0 spiro atoms. The molecular formula is C20H30FN3O5S. The number of para-hydroxylation sites is 1. The summed E-state index contributed by atoms with van der Waals surface area (Å²) in [6.45, 7) is 2.05. The molecule has 2 aliphatic rings. The van der Waals surface area contributed by atoms with Crippen LogP contribution in [0.25, 0.3) is 0 Å². The standard InChI is InChI=1S/C20H30FN3O5S/c1-28-20(25)24-11-5-7-17(22-30(2,26)27)19(24)14-29-15-9-12-23(13-10-15)18-8-4-3-6-16(18)21/h3-4,6,8,15,17,19,22H,5,7,9-14H2,1-2H3/t17-,19-/m0/s1. The molecule has 0 aromatic heterocycles. The Labute approximate surface area is 177 Å². The van der Waals surface area contributed by atoms with Crippen molar-refractivity contribution in [1.82, 2.24) is 9.62 Å². The molecule has 0 unspecified atom stereocenters. The number of piperidine rings is 2. The molecule has 3 rings (SSSR count). The first kappa shape index (κ1) is 22.8. The van der Waals surface area contributed by atoms with Gasteiger partial charge in [0.25, 0.3) is 0 Å².